The van der Waals surface area contributed by atoms with E-state index in [9.17, 15) is 4.79 Å². The van der Waals surface area contributed by atoms with Crippen molar-refractivity contribution in [3.05, 3.63) is 24.3 Å². The molecule has 1 atom stereocenters. The first-order valence-electron chi connectivity index (χ1n) is 5.38. The minimum atomic E-state index is -0.346. The SMILES string of the molecule is CCCC(Nc1ccccc1OC)C(N)=O. The summed E-state index contributed by atoms with van der Waals surface area (Å²) in [6.07, 6.45) is 1.61. The number of nitrogens with two attached hydrogens (primary N) is 1. The highest BCUT2D eigenvalue weighted by atomic mass is 16.5. The lowest BCUT2D eigenvalue weighted by Gasteiger charge is -2.17. The summed E-state index contributed by atoms with van der Waals surface area (Å²) in [7, 11) is 1.60. The Kier molecular flexibility index (Phi) is 4.64. The summed E-state index contributed by atoms with van der Waals surface area (Å²) in [5.74, 6) is 0.373. The standard InChI is InChI=1S/C12H18N2O2/c1-3-6-10(12(13)15)14-9-7-4-5-8-11(9)16-2/h4-5,7-8,10,14H,3,6H2,1-2H3,(H2,13,15). The highest BCUT2D eigenvalue weighted by Crippen LogP contribution is 2.24. The van der Waals surface area contributed by atoms with E-state index in [-0.39, 0.29) is 11.9 Å². The van der Waals surface area contributed by atoms with Crippen LogP contribution in [0.5, 0.6) is 5.75 Å². The number of nitrogens with one attached hydrogen (secondary N) is 1. The van der Waals surface area contributed by atoms with Crippen LogP contribution in [0, 0.1) is 0 Å². The molecule has 1 aromatic carbocycles. The maximum absolute atomic E-state index is 11.2. The average Bonchev–Trinajstić information content (AvgIpc) is 2.29. The van der Waals surface area contributed by atoms with E-state index in [1.165, 1.54) is 0 Å². The molecule has 0 bridgehead atoms. The van der Waals surface area contributed by atoms with E-state index in [4.69, 9.17) is 10.5 Å². The lowest BCUT2D eigenvalue weighted by Crippen LogP contribution is -2.35. The third-order valence-corrected chi connectivity index (χ3v) is 2.36. The van der Waals surface area contributed by atoms with E-state index in [0.717, 1.165) is 12.1 Å². The van der Waals surface area contributed by atoms with Gasteiger partial charge in [-0.3, -0.25) is 4.79 Å². The van der Waals surface area contributed by atoms with Gasteiger partial charge in [-0.25, -0.2) is 0 Å². The van der Waals surface area contributed by atoms with Crippen molar-refractivity contribution in [1.29, 1.82) is 0 Å². The normalized spacial score (nSPS) is 11.9. The van der Waals surface area contributed by atoms with Crippen LogP contribution in [-0.2, 0) is 4.79 Å². The Morgan fingerprint density at radius 2 is 2.19 bits per heavy atom. The first-order valence-corrected chi connectivity index (χ1v) is 5.38. The number of carbonyl (C=O) groups is 1. The zero-order valence-corrected chi connectivity index (χ0v) is 9.69. The first kappa shape index (κ1) is 12.4. The van der Waals surface area contributed by atoms with Crippen molar-refractivity contribution >= 4 is 11.6 Å². The number of hydrogen-bond donors (Lipinski definition) is 2. The van der Waals surface area contributed by atoms with Crippen LogP contribution in [0.3, 0.4) is 0 Å². The molecule has 4 nitrogen and oxygen atoms in total. The Morgan fingerprint density at radius 3 is 2.75 bits per heavy atom. The van der Waals surface area contributed by atoms with Gasteiger partial charge in [0.15, 0.2) is 0 Å². The van der Waals surface area contributed by atoms with Gasteiger partial charge in [0.25, 0.3) is 0 Å². The Bertz CT molecular complexity index is 353. The van der Waals surface area contributed by atoms with Gasteiger partial charge in [-0.15, -0.1) is 0 Å². The van der Waals surface area contributed by atoms with Gasteiger partial charge in [0.05, 0.1) is 12.8 Å². The van der Waals surface area contributed by atoms with Crippen LogP contribution in [0.4, 0.5) is 5.69 Å². The topological polar surface area (TPSA) is 64.3 Å². The Balaban J connectivity index is 2.80. The molecule has 16 heavy (non-hydrogen) atoms. The minimum absolute atomic E-state index is 0.340. The lowest BCUT2D eigenvalue weighted by molar-refractivity contribution is -0.118. The van der Waals surface area contributed by atoms with Crippen LogP contribution in [-0.4, -0.2) is 19.1 Å². The maximum Gasteiger partial charge on any atom is 0.239 e. The van der Waals surface area contributed by atoms with E-state index in [1.54, 1.807) is 7.11 Å². The highest BCUT2D eigenvalue weighted by Gasteiger charge is 2.15. The van der Waals surface area contributed by atoms with Crippen LogP contribution >= 0.6 is 0 Å². The van der Waals surface area contributed by atoms with Crippen molar-refractivity contribution in [1.82, 2.24) is 0 Å². The smallest absolute Gasteiger partial charge is 0.239 e. The van der Waals surface area contributed by atoms with Crippen LogP contribution in [0.15, 0.2) is 24.3 Å². The molecule has 1 aromatic rings. The number of ether oxygens (including phenoxy) is 1. The van der Waals surface area contributed by atoms with Crippen molar-refractivity contribution in [2.75, 3.05) is 12.4 Å². The molecule has 0 spiro atoms. The van der Waals surface area contributed by atoms with Crippen LogP contribution < -0.4 is 15.8 Å². The molecule has 1 unspecified atom stereocenters. The number of anilines is 1. The van der Waals surface area contributed by atoms with Gasteiger partial charge >= 0.3 is 0 Å². The van der Waals surface area contributed by atoms with Crippen molar-refractivity contribution in [2.24, 2.45) is 5.73 Å². The quantitative estimate of drug-likeness (QED) is 0.770. The zero-order valence-electron chi connectivity index (χ0n) is 9.69. The molecule has 0 heterocycles. The lowest BCUT2D eigenvalue weighted by atomic mass is 10.1. The summed E-state index contributed by atoms with van der Waals surface area (Å²) in [4.78, 5) is 11.2. The largest absolute Gasteiger partial charge is 0.495 e. The number of hydrogen-bond acceptors (Lipinski definition) is 3. The monoisotopic (exact) mass is 222 g/mol. The second-order valence-electron chi connectivity index (χ2n) is 3.59. The van der Waals surface area contributed by atoms with E-state index < -0.39 is 0 Å². The molecule has 88 valence electrons. The zero-order chi connectivity index (χ0) is 12.0. The van der Waals surface area contributed by atoms with Crippen molar-refractivity contribution in [3.63, 3.8) is 0 Å². The van der Waals surface area contributed by atoms with Gasteiger partial charge in [-0.05, 0) is 18.6 Å². The van der Waals surface area contributed by atoms with E-state index >= 15 is 0 Å². The van der Waals surface area contributed by atoms with Gasteiger partial charge in [0.1, 0.15) is 11.8 Å². The summed E-state index contributed by atoms with van der Waals surface area (Å²) < 4.78 is 5.19. The van der Waals surface area contributed by atoms with E-state index in [0.29, 0.717) is 12.2 Å². The predicted octanol–water partition coefficient (Wildman–Crippen LogP) is 1.76. The third-order valence-electron chi connectivity index (χ3n) is 2.36. The van der Waals surface area contributed by atoms with Crippen LogP contribution in [0.2, 0.25) is 0 Å². The molecule has 0 aliphatic rings. The highest BCUT2D eigenvalue weighted by molar-refractivity contribution is 5.83. The van der Waals surface area contributed by atoms with Gasteiger partial charge in [-0.1, -0.05) is 25.5 Å². The molecule has 0 aromatic heterocycles. The Labute approximate surface area is 95.8 Å². The van der Waals surface area contributed by atoms with Crippen molar-refractivity contribution < 1.29 is 9.53 Å². The Hall–Kier alpha value is -1.71. The number of carbonyl (C=O) groups excluding carboxylic acids is 1. The Morgan fingerprint density at radius 1 is 1.50 bits per heavy atom. The fraction of sp³-hybridized carbons (Fsp3) is 0.417. The fourth-order valence-corrected chi connectivity index (χ4v) is 1.53. The van der Waals surface area contributed by atoms with Gasteiger partial charge in [0, 0.05) is 0 Å². The number of primary amides is 1. The van der Waals surface area contributed by atoms with Crippen molar-refractivity contribution in [2.45, 2.75) is 25.8 Å². The molecule has 0 aliphatic heterocycles. The summed E-state index contributed by atoms with van der Waals surface area (Å²) in [6, 6.07) is 7.12. The number of amides is 1. The third kappa shape index (κ3) is 3.15. The minimum Gasteiger partial charge on any atom is -0.495 e. The number of benzene rings is 1. The predicted molar refractivity (Wildman–Crippen MR) is 64.5 cm³/mol. The molecular weight excluding hydrogens is 204 g/mol. The average molecular weight is 222 g/mol. The second kappa shape index (κ2) is 6.00. The van der Waals surface area contributed by atoms with Crippen LogP contribution in [0.1, 0.15) is 19.8 Å². The van der Waals surface area contributed by atoms with E-state index in [1.807, 2.05) is 31.2 Å². The van der Waals surface area contributed by atoms with Crippen LogP contribution in [0.25, 0.3) is 0 Å². The molecule has 0 saturated carbocycles. The van der Waals surface area contributed by atoms with Gasteiger partial charge in [0.2, 0.25) is 5.91 Å². The van der Waals surface area contributed by atoms with Gasteiger partial charge < -0.3 is 15.8 Å². The molecule has 0 fully saturated rings. The maximum atomic E-state index is 11.2. The number of methoxy groups -OCH3 is 1. The summed E-state index contributed by atoms with van der Waals surface area (Å²) >= 11 is 0. The molecule has 3 N–H and O–H groups in total. The molecule has 0 aliphatic carbocycles. The molecule has 0 radical (unpaired) electrons. The van der Waals surface area contributed by atoms with Gasteiger partial charge in [-0.2, -0.15) is 0 Å². The molecule has 1 amide bonds. The number of rotatable bonds is 6. The first-order chi connectivity index (χ1) is 7.69. The van der Waals surface area contributed by atoms with E-state index in [2.05, 4.69) is 5.32 Å². The fourth-order valence-electron chi connectivity index (χ4n) is 1.53. The summed E-state index contributed by atoms with van der Waals surface area (Å²) in [5, 5.41) is 3.10. The van der Waals surface area contributed by atoms with Crippen molar-refractivity contribution in [3.8, 4) is 5.75 Å². The molecule has 4 heteroatoms. The summed E-state index contributed by atoms with van der Waals surface area (Å²) in [5.41, 5.74) is 6.11. The molecular formula is C12H18N2O2. The summed E-state index contributed by atoms with van der Waals surface area (Å²) in [6.45, 7) is 2.01. The molecule has 1 rings (SSSR count). The number of para-hydroxylation sites is 2. The molecule has 0 saturated heterocycles. The second-order valence-corrected chi connectivity index (χ2v) is 3.59.